The first-order valence-electron chi connectivity index (χ1n) is 6.01. The molecule has 0 amide bonds. The molecule has 1 saturated heterocycles. The zero-order valence-electron chi connectivity index (χ0n) is 10.3. The van der Waals surface area contributed by atoms with Gasteiger partial charge in [0.15, 0.2) is 11.5 Å². The van der Waals surface area contributed by atoms with Crippen molar-refractivity contribution in [1.82, 2.24) is 19.5 Å². The van der Waals surface area contributed by atoms with Crippen molar-refractivity contribution in [2.75, 3.05) is 12.3 Å². The van der Waals surface area contributed by atoms with E-state index in [1.165, 1.54) is 6.33 Å². The molecule has 4 N–H and O–H groups in total. The number of aromatic nitrogens is 4. The van der Waals surface area contributed by atoms with Gasteiger partial charge in [-0.2, -0.15) is 0 Å². The maximum atomic E-state index is 9.98. The molecule has 4 atom stereocenters. The fourth-order valence-corrected chi connectivity index (χ4v) is 2.42. The van der Waals surface area contributed by atoms with E-state index in [1.54, 1.807) is 10.9 Å². The van der Waals surface area contributed by atoms with E-state index >= 15 is 0 Å². The number of imidazole rings is 1. The normalized spacial score (nSPS) is 31.1. The second-order valence-electron chi connectivity index (χ2n) is 4.68. The Morgan fingerprint density at radius 1 is 1.42 bits per heavy atom. The summed E-state index contributed by atoms with van der Waals surface area (Å²) in [6, 6.07) is 0. The number of nitrogens with zero attached hydrogens (tertiary/aromatic N) is 4. The summed E-state index contributed by atoms with van der Waals surface area (Å²) in [5.41, 5.74) is 6.78. The smallest absolute Gasteiger partial charge is 0.167 e. The van der Waals surface area contributed by atoms with Gasteiger partial charge in [-0.25, -0.2) is 15.0 Å². The van der Waals surface area contributed by atoms with Gasteiger partial charge in [-0.05, 0) is 0 Å². The van der Waals surface area contributed by atoms with Crippen LogP contribution in [-0.4, -0.2) is 48.5 Å². The van der Waals surface area contributed by atoms with Gasteiger partial charge in [0.1, 0.15) is 24.2 Å². The Morgan fingerprint density at radius 3 is 2.89 bits per heavy atom. The second-order valence-corrected chi connectivity index (χ2v) is 4.68. The lowest BCUT2D eigenvalue weighted by molar-refractivity contribution is -0.0447. The van der Waals surface area contributed by atoms with Crippen LogP contribution in [-0.2, 0) is 4.74 Å². The van der Waals surface area contributed by atoms with Crippen molar-refractivity contribution in [3.8, 4) is 0 Å². The van der Waals surface area contributed by atoms with E-state index in [9.17, 15) is 10.2 Å². The SMILES string of the molecule is CC1C(O)C(CO)OC1n1cnc2c(N)ncnc21. The molecule has 0 radical (unpaired) electrons. The highest BCUT2D eigenvalue weighted by Gasteiger charge is 2.42. The Bertz CT molecular complexity index is 601. The molecule has 2 aromatic heterocycles. The van der Waals surface area contributed by atoms with Crippen LogP contribution in [0.1, 0.15) is 13.2 Å². The van der Waals surface area contributed by atoms with Gasteiger partial charge in [0.05, 0.1) is 19.0 Å². The Morgan fingerprint density at radius 2 is 2.21 bits per heavy atom. The van der Waals surface area contributed by atoms with Gasteiger partial charge in [0, 0.05) is 5.92 Å². The van der Waals surface area contributed by atoms with Crippen LogP contribution in [0, 0.1) is 5.92 Å². The molecule has 19 heavy (non-hydrogen) atoms. The summed E-state index contributed by atoms with van der Waals surface area (Å²) in [5, 5.41) is 19.1. The summed E-state index contributed by atoms with van der Waals surface area (Å²) in [5.74, 6) is 0.111. The number of aliphatic hydroxyl groups is 2. The maximum Gasteiger partial charge on any atom is 0.167 e. The predicted octanol–water partition coefficient (Wildman–Crippen LogP) is -0.705. The van der Waals surface area contributed by atoms with Gasteiger partial charge in [-0.3, -0.25) is 4.57 Å². The maximum absolute atomic E-state index is 9.98. The van der Waals surface area contributed by atoms with Crippen molar-refractivity contribution < 1.29 is 14.9 Å². The standard InChI is InChI=1S/C11H15N5O3/c1-5-8(18)6(2-17)19-11(5)16-4-15-7-9(12)13-3-14-10(7)16/h3-6,8,11,17-18H,2H2,1H3,(H2,12,13,14). The molecule has 1 aliphatic heterocycles. The zero-order chi connectivity index (χ0) is 13.6. The minimum Gasteiger partial charge on any atom is -0.394 e. The monoisotopic (exact) mass is 265 g/mol. The molecule has 0 saturated carbocycles. The van der Waals surface area contributed by atoms with Crippen LogP contribution in [0.2, 0.25) is 0 Å². The van der Waals surface area contributed by atoms with E-state index < -0.39 is 18.4 Å². The van der Waals surface area contributed by atoms with E-state index in [1.807, 2.05) is 6.92 Å². The summed E-state index contributed by atoms with van der Waals surface area (Å²) < 4.78 is 7.35. The number of hydrogen-bond donors (Lipinski definition) is 3. The average molecular weight is 265 g/mol. The van der Waals surface area contributed by atoms with Crippen molar-refractivity contribution in [3.63, 3.8) is 0 Å². The highest BCUT2D eigenvalue weighted by molar-refractivity contribution is 5.81. The van der Waals surface area contributed by atoms with Gasteiger partial charge >= 0.3 is 0 Å². The van der Waals surface area contributed by atoms with E-state index in [0.717, 1.165) is 0 Å². The Hall–Kier alpha value is -1.77. The van der Waals surface area contributed by atoms with Crippen LogP contribution in [0.15, 0.2) is 12.7 Å². The highest BCUT2D eigenvalue weighted by atomic mass is 16.5. The molecule has 8 heteroatoms. The molecule has 0 aliphatic carbocycles. The summed E-state index contributed by atoms with van der Waals surface area (Å²) in [6.45, 7) is 1.62. The highest BCUT2D eigenvalue weighted by Crippen LogP contribution is 2.35. The molecule has 1 aliphatic rings. The molecule has 3 heterocycles. The number of nitrogens with two attached hydrogens (primary N) is 1. The fourth-order valence-electron chi connectivity index (χ4n) is 2.42. The molecule has 8 nitrogen and oxygen atoms in total. The molecule has 1 fully saturated rings. The lowest BCUT2D eigenvalue weighted by Gasteiger charge is -2.17. The third-order valence-electron chi connectivity index (χ3n) is 3.52. The summed E-state index contributed by atoms with van der Waals surface area (Å²) in [6.07, 6.45) is 1.15. The van der Waals surface area contributed by atoms with Crippen LogP contribution in [0.3, 0.4) is 0 Å². The predicted molar refractivity (Wildman–Crippen MR) is 65.9 cm³/mol. The second kappa shape index (κ2) is 4.41. The van der Waals surface area contributed by atoms with Gasteiger partial charge in [0.25, 0.3) is 0 Å². The fraction of sp³-hybridized carbons (Fsp3) is 0.545. The van der Waals surface area contributed by atoms with Crippen LogP contribution < -0.4 is 5.73 Å². The van der Waals surface area contributed by atoms with Gasteiger partial charge in [-0.15, -0.1) is 0 Å². The number of aliphatic hydroxyl groups excluding tert-OH is 2. The van der Waals surface area contributed by atoms with Crippen molar-refractivity contribution in [2.45, 2.75) is 25.4 Å². The van der Waals surface area contributed by atoms with Gasteiger partial charge in [-0.1, -0.05) is 6.92 Å². The Balaban J connectivity index is 2.04. The number of anilines is 1. The van der Waals surface area contributed by atoms with E-state index in [-0.39, 0.29) is 12.5 Å². The quantitative estimate of drug-likeness (QED) is 0.656. The minimum atomic E-state index is -0.730. The number of nitrogen functional groups attached to an aromatic ring is 1. The molecule has 102 valence electrons. The average Bonchev–Trinajstić information content (AvgIpc) is 2.94. The van der Waals surface area contributed by atoms with Crippen molar-refractivity contribution in [1.29, 1.82) is 0 Å². The van der Waals surface area contributed by atoms with Crippen molar-refractivity contribution in [2.24, 2.45) is 5.92 Å². The molecule has 3 rings (SSSR count). The van der Waals surface area contributed by atoms with E-state index in [0.29, 0.717) is 17.0 Å². The van der Waals surface area contributed by atoms with Gasteiger partial charge < -0.3 is 20.7 Å². The van der Waals surface area contributed by atoms with Crippen molar-refractivity contribution in [3.05, 3.63) is 12.7 Å². The van der Waals surface area contributed by atoms with E-state index in [4.69, 9.17) is 10.5 Å². The number of rotatable bonds is 2. The van der Waals surface area contributed by atoms with E-state index in [2.05, 4.69) is 15.0 Å². The molecule has 4 unspecified atom stereocenters. The molecule has 2 aromatic rings. The molecule has 0 spiro atoms. The molecule has 0 bridgehead atoms. The van der Waals surface area contributed by atoms with Crippen molar-refractivity contribution >= 4 is 17.0 Å². The lowest BCUT2D eigenvalue weighted by atomic mass is 10.0. The first-order valence-corrected chi connectivity index (χ1v) is 6.01. The topological polar surface area (TPSA) is 119 Å². The number of hydrogen-bond acceptors (Lipinski definition) is 7. The Kier molecular flexibility index (Phi) is 2.85. The summed E-state index contributed by atoms with van der Waals surface area (Å²) in [7, 11) is 0. The van der Waals surface area contributed by atoms with Gasteiger partial charge in [0.2, 0.25) is 0 Å². The van der Waals surface area contributed by atoms with Crippen LogP contribution in [0.25, 0.3) is 11.2 Å². The third-order valence-corrected chi connectivity index (χ3v) is 3.52. The Labute approximate surface area is 108 Å². The van der Waals surface area contributed by atoms with Crippen LogP contribution in [0.5, 0.6) is 0 Å². The molecular weight excluding hydrogens is 250 g/mol. The third kappa shape index (κ3) is 1.76. The van der Waals surface area contributed by atoms with Crippen LogP contribution in [0.4, 0.5) is 5.82 Å². The minimum absolute atomic E-state index is 0.189. The first kappa shape index (κ1) is 12.3. The lowest BCUT2D eigenvalue weighted by Crippen LogP contribution is -2.28. The zero-order valence-corrected chi connectivity index (χ0v) is 10.3. The number of fused-ring (bicyclic) bond motifs is 1. The molecular formula is C11H15N5O3. The summed E-state index contributed by atoms with van der Waals surface area (Å²) in [4.78, 5) is 12.2. The number of ether oxygens (including phenoxy) is 1. The molecule has 0 aromatic carbocycles. The summed E-state index contributed by atoms with van der Waals surface area (Å²) >= 11 is 0. The van der Waals surface area contributed by atoms with Crippen LogP contribution >= 0.6 is 0 Å². The largest absolute Gasteiger partial charge is 0.394 e. The first-order chi connectivity index (χ1) is 9.13.